The number of hydrogen-bond donors (Lipinski definition) is 3. The molecule has 0 aliphatic carbocycles. The molecule has 1 aromatic rings. The SMILES string of the molecule is O=C1CC(C(=O)O)CC(c2ccc(O)cc2)N1. The lowest BCUT2D eigenvalue weighted by molar-refractivity contribution is -0.146. The van der Waals surface area contributed by atoms with E-state index in [1.807, 2.05) is 0 Å². The summed E-state index contributed by atoms with van der Waals surface area (Å²) in [6.07, 6.45) is 0.412. The van der Waals surface area contributed by atoms with Crippen molar-refractivity contribution in [3.63, 3.8) is 0 Å². The number of piperidine rings is 1. The van der Waals surface area contributed by atoms with Gasteiger partial charge in [-0.1, -0.05) is 12.1 Å². The molecule has 1 fully saturated rings. The van der Waals surface area contributed by atoms with Crippen molar-refractivity contribution < 1.29 is 19.8 Å². The summed E-state index contributed by atoms with van der Waals surface area (Å²) in [5.41, 5.74) is 0.808. The fourth-order valence-corrected chi connectivity index (χ4v) is 2.02. The summed E-state index contributed by atoms with van der Waals surface area (Å²) in [6.45, 7) is 0. The number of amides is 1. The van der Waals surface area contributed by atoms with Gasteiger partial charge in [-0.3, -0.25) is 9.59 Å². The summed E-state index contributed by atoms with van der Waals surface area (Å²) < 4.78 is 0. The molecule has 2 atom stereocenters. The van der Waals surface area contributed by atoms with Crippen LogP contribution >= 0.6 is 0 Å². The number of hydrogen-bond acceptors (Lipinski definition) is 3. The second kappa shape index (κ2) is 4.45. The highest BCUT2D eigenvalue weighted by atomic mass is 16.4. The first-order valence-corrected chi connectivity index (χ1v) is 5.37. The average Bonchev–Trinajstić information content (AvgIpc) is 2.29. The Morgan fingerprint density at radius 3 is 2.53 bits per heavy atom. The van der Waals surface area contributed by atoms with Crippen molar-refractivity contribution in [1.82, 2.24) is 5.32 Å². The van der Waals surface area contributed by atoms with Crippen LogP contribution in [0, 0.1) is 5.92 Å². The van der Waals surface area contributed by atoms with Crippen LogP contribution in [-0.4, -0.2) is 22.1 Å². The van der Waals surface area contributed by atoms with E-state index in [1.165, 1.54) is 12.1 Å². The Bertz CT molecular complexity index is 440. The van der Waals surface area contributed by atoms with Gasteiger partial charge in [0.15, 0.2) is 0 Å². The number of carbonyl (C=O) groups excluding carboxylic acids is 1. The van der Waals surface area contributed by atoms with Crippen molar-refractivity contribution in [2.75, 3.05) is 0 Å². The summed E-state index contributed by atoms with van der Waals surface area (Å²) >= 11 is 0. The number of aliphatic carboxylic acids is 1. The normalized spacial score (nSPS) is 24.1. The van der Waals surface area contributed by atoms with E-state index in [4.69, 9.17) is 10.2 Å². The predicted molar refractivity (Wildman–Crippen MR) is 59.4 cm³/mol. The lowest BCUT2D eigenvalue weighted by Gasteiger charge is -2.27. The number of phenols is 1. The van der Waals surface area contributed by atoms with Crippen LogP contribution in [0.1, 0.15) is 24.4 Å². The predicted octanol–water partition coefficient (Wildman–Crippen LogP) is 1.04. The van der Waals surface area contributed by atoms with Crippen molar-refractivity contribution >= 4 is 11.9 Å². The zero-order chi connectivity index (χ0) is 12.4. The first kappa shape index (κ1) is 11.4. The van der Waals surface area contributed by atoms with Crippen LogP contribution in [-0.2, 0) is 9.59 Å². The molecular formula is C12H13NO4. The van der Waals surface area contributed by atoms with Crippen molar-refractivity contribution in [2.24, 2.45) is 5.92 Å². The Morgan fingerprint density at radius 1 is 1.29 bits per heavy atom. The Balaban J connectivity index is 2.18. The number of carboxylic acids is 1. The number of aromatic hydroxyl groups is 1. The molecule has 0 radical (unpaired) electrons. The molecule has 0 spiro atoms. The average molecular weight is 235 g/mol. The Morgan fingerprint density at radius 2 is 1.94 bits per heavy atom. The van der Waals surface area contributed by atoms with Gasteiger partial charge in [-0.15, -0.1) is 0 Å². The number of carboxylic acid groups (broad SMARTS) is 1. The van der Waals surface area contributed by atoms with Crippen molar-refractivity contribution in [3.8, 4) is 5.75 Å². The number of carbonyl (C=O) groups is 2. The molecule has 5 nitrogen and oxygen atoms in total. The third-order valence-corrected chi connectivity index (χ3v) is 2.93. The minimum atomic E-state index is -0.941. The van der Waals surface area contributed by atoms with Crippen LogP contribution in [0.25, 0.3) is 0 Å². The molecule has 1 amide bonds. The molecule has 1 aliphatic rings. The Hall–Kier alpha value is -2.04. The van der Waals surface area contributed by atoms with Gasteiger partial charge in [-0.05, 0) is 24.1 Å². The summed E-state index contributed by atoms with van der Waals surface area (Å²) in [7, 11) is 0. The molecule has 2 rings (SSSR count). The molecule has 1 saturated heterocycles. The highest BCUT2D eigenvalue weighted by Gasteiger charge is 2.31. The fourth-order valence-electron chi connectivity index (χ4n) is 2.02. The van der Waals surface area contributed by atoms with Gasteiger partial charge in [-0.25, -0.2) is 0 Å². The van der Waals surface area contributed by atoms with Crippen LogP contribution in [0.2, 0.25) is 0 Å². The van der Waals surface area contributed by atoms with Gasteiger partial charge in [0.25, 0.3) is 0 Å². The van der Waals surface area contributed by atoms with E-state index in [0.29, 0.717) is 6.42 Å². The maximum atomic E-state index is 11.4. The lowest BCUT2D eigenvalue weighted by atomic mass is 9.88. The van der Waals surface area contributed by atoms with Gasteiger partial charge >= 0.3 is 5.97 Å². The molecule has 1 aliphatic heterocycles. The minimum absolute atomic E-state index is 0.0317. The highest BCUT2D eigenvalue weighted by molar-refractivity contribution is 5.84. The number of benzene rings is 1. The van der Waals surface area contributed by atoms with E-state index in [0.717, 1.165) is 5.56 Å². The van der Waals surface area contributed by atoms with Gasteiger partial charge in [0.05, 0.1) is 12.0 Å². The fraction of sp³-hybridized carbons (Fsp3) is 0.333. The van der Waals surface area contributed by atoms with E-state index in [-0.39, 0.29) is 24.1 Å². The van der Waals surface area contributed by atoms with E-state index < -0.39 is 11.9 Å². The molecular weight excluding hydrogens is 222 g/mol. The molecule has 2 unspecified atom stereocenters. The molecule has 1 aromatic carbocycles. The van der Waals surface area contributed by atoms with Gasteiger partial charge < -0.3 is 15.5 Å². The standard InChI is InChI=1S/C12H13NO4/c14-9-3-1-7(2-4-9)10-5-8(12(16)17)6-11(15)13-10/h1-4,8,10,14H,5-6H2,(H,13,15)(H,16,17). The van der Waals surface area contributed by atoms with Crippen molar-refractivity contribution in [1.29, 1.82) is 0 Å². The number of rotatable bonds is 2. The van der Waals surface area contributed by atoms with Crippen LogP contribution in [0.15, 0.2) is 24.3 Å². The Kier molecular flexibility index (Phi) is 2.99. The minimum Gasteiger partial charge on any atom is -0.508 e. The Labute approximate surface area is 98.1 Å². The highest BCUT2D eigenvalue weighted by Crippen LogP contribution is 2.28. The quantitative estimate of drug-likeness (QED) is 0.715. The molecule has 17 heavy (non-hydrogen) atoms. The molecule has 0 saturated carbocycles. The van der Waals surface area contributed by atoms with Crippen LogP contribution in [0.4, 0.5) is 0 Å². The first-order valence-electron chi connectivity index (χ1n) is 5.37. The third-order valence-electron chi connectivity index (χ3n) is 2.93. The first-order chi connectivity index (χ1) is 8.06. The molecule has 3 N–H and O–H groups in total. The zero-order valence-corrected chi connectivity index (χ0v) is 9.09. The van der Waals surface area contributed by atoms with Crippen LogP contribution in [0.3, 0.4) is 0 Å². The van der Waals surface area contributed by atoms with Crippen LogP contribution < -0.4 is 5.32 Å². The zero-order valence-electron chi connectivity index (χ0n) is 9.09. The van der Waals surface area contributed by atoms with E-state index in [9.17, 15) is 9.59 Å². The molecule has 0 aromatic heterocycles. The number of phenolic OH excluding ortho intramolecular Hbond substituents is 1. The van der Waals surface area contributed by atoms with Crippen molar-refractivity contribution in [2.45, 2.75) is 18.9 Å². The topological polar surface area (TPSA) is 86.6 Å². The van der Waals surface area contributed by atoms with Crippen LogP contribution in [0.5, 0.6) is 5.75 Å². The maximum Gasteiger partial charge on any atom is 0.307 e. The third kappa shape index (κ3) is 2.55. The summed E-state index contributed by atoms with van der Waals surface area (Å²) in [4.78, 5) is 22.3. The lowest BCUT2D eigenvalue weighted by Crippen LogP contribution is -2.39. The molecule has 5 heteroatoms. The van der Waals surface area contributed by atoms with Gasteiger partial charge in [0.2, 0.25) is 5.91 Å². The largest absolute Gasteiger partial charge is 0.508 e. The molecule has 1 heterocycles. The summed E-state index contributed by atoms with van der Waals surface area (Å²) in [6, 6.07) is 6.12. The van der Waals surface area contributed by atoms with E-state index in [2.05, 4.69) is 5.32 Å². The smallest absolute Gasteiger partial charge is 0.307 e. The maximum absolute atomic E-state index is 11.4. The second-order valence-corrected chi connectivity index (χ2v) is 4.19. The second-order valence-electron chi connectivity index (χ2n) is 4.19. The van der Waals surface area contributed by atoms with Gasteiger partial charge in [0.1, 0.15) is 5.75 Å². The number of nitrogens with one attached hydrogen (secondary N) is 1. The molecule has 0 bridgehead atoms. The van der Waals surface area contributed by atoms with E-state index >= 15 is 0 Å². The monoisotopic (exact) mass is 235 g/mol. The van der Waals surface area contributed by atoms with Gasteiger partial charge in [-0.2, -0.15) is 0 Å². The van der Waals surface area contributed by atoms with E-state index in [1.54, 1.807) is 12.1 Å². The van der Waals surface area contributed by atoms with Gasteiger partial charge in [0, 0.05) is 6.42 Å². The van der Waals surface area contributed by atoms with Crippen molar-refractivity contribution in [3.05, 3.63) is 29.8 Å². The molecule has 90 valence electrons. The summed E-state index contributed by atoms with van der Waals surface area (Å²) in [5.74, 6) is -1.68. The summed E-state index contributed by atoms with van der Waals surface area (Å²) in [5, 5.41) is 20.9.